The van der Waals surface area contributed by atoms with Gasteiger partial charge in [-0.05, 0) is 30.3 Å². The standard InChI is InChI=1S/C20H13F2N3O3/c21-16-5-2-6-17(22)15(16)11-28-13-4-1-3-12(9-13)25-19(26)14-7-8-23-10-18(14)24-20(25)27/h1-10H,11H2,(H,24,27). The van der Waals surface area contributed by atoms with E-state index in [4.69, 9.17) is 4.74 Å². The fraction of sp³-hybridized carbons (Fsp3) is 0.0500. The Morgan fingerprint density at radius 3 is 2.57 bits per heavy atom. The average molecular weight is 381 g/mol. The van der Waals surface area contributed by atoms with E-state index in [1.807, 2.05) is 0 Å². The number of hydrogen-bond donors (Lipinski definition) is 1. The summed E-state index contributed by atoms with van der Waals surface area (Å²) in [6.45, 7) is -0.337. The zero-order chi connectivity index (χ0) is 19.7. The number of nitrogens with zero attached hydrogens (tertiary/aromatic N) is 2. The molecule has 2 aromatic heterocycles. The fourth-order valence-electron chi connectivity index (χ4n) is 2.84. The van der Waals surface area contributed by atoms with E-state index in [0.29, 0.717) is 10.9 Å². The molecule has 0 aliphatic rings. The second-order valence-electron chi connectivity index (χ2n) is 5.98. The number of hydrogen-bond acceptors (Lipinski definition) is 4. The molecule has 0 amide bonds. The minimum atomic E-state index is -0.716. The number of aromatic amines is 1. The van der Waals surface area contributed by atoms with Gasteiger partial charge in [0.15, 0.2) is 0 Å². The molecule has 4 aromatic rings. The van der Waals surface area contributed by atoms with Crippen LogP contribution in [0.15, 0.2) is 70.5 Å². The summed E-state index contributed by atoms with van der Waals surface area (Å²) in [4.78, 5) is 31.6. The van der Waals surface area contributed by atoms with Crippen molar-refractivity contribution in [1.29, 1.82) is 0 Å². The van der Waals surface area contributed by atoms with Gasteiger partial charge >= 0.3 is 5.69 Å². The fourth-order valence-corrected chi connectivity index (χ4v) is 2.84. The summed E-state index contributed by atoms with van der Waals surface area (Å²) in [7, 11) is 0. The van der Waals surface area contributed by atoms with Gasteiger partial charge in [-0.3, -0.25) is 9.78 Å². The maximum atomic E-state index is 13.7. The minimum absolute atomic E-state index is 0.207. The topological polar surface area (TPSA) is 77.0 Å². The maximum absolute atomic E-state index is 13.7. The largest absolute Gasteiger partial charge is 0.489 e. The number of pyridine rings is 1. The summed E-state index contributed by atoms with van der Waals surface area (Å²) in [6, 6.07) is 11.2. The van der Waals surface area contributed by atoms with Gasteiger partial charge in [0.2, 0.25) is 0 Å². The third-order valence-electron chi connectivity index (χ3n) is 4.22. The average Bonchev–Trinajstić information content (AvgIpc) is 2.68. The van der Waals surface area contributed by atoms with Crippen LogP contribution in [0.3, 0.4) is 0 Å². The normalized spacial score (nSPS) is 10.9. The van der Waals surface area contributed by atoms with Crippen molar-refractivity contribution in [2.45, 2.75) is 6.61 Å². The molecule has 28 heavy (non-hydrogen) atoms. The van der Waals surface area contributed by atoms with Crippen molar-refractivity contribution in [2.75, 3.05) is 0 Å². The van der Waals surface area contributed by atoms with Gasteiger partial charge in [-0.25, -0.2) is 18.1 Å². The molecular formula is C20H13F2N3O3. The predicted octanol–water partition coefficient (Wildman–Crippen LogP) is 2.93. The second-order valence-corrected chi connectivity index (χ2v) is 5.98. The van der Waals surface area contributed by atoms with E-state index in [-0.39, 0.29) is 23.6 Å². The van der Waals surface area contributed by atoms with Crippen LogP contribution in [0.25, 0.3) is 16.6 Å². The van der Waals surface area contributed by atoms with Crippen molar-refractivity contribution in [3.63, 3.8) is 0 Å². The third kappa shape index (κ3) is 3.16. The summed E-state index contributed by atoms with van der Waals surface area (Å²) in [5.41, 5.74) is -0.769. The monoisotopic (exact) mass is 381 g/mol. The molecule has 0 bridgehead atoms. The molecule has 8 heteroatoms. The molecule has 0 saturated carbocycles. The van der Waals surface area contributed by atoms with Gasteiger partial charge in [0.1, 0.15) is 24.0 Å². The molecule has 2 heterocycles. The Bertz CT molecular complexity index is 1280. The van der Waals surface area contributed by atoms with E-state index < -0.39 is 22.9 Å². The number of aromatic nitrogens is 3. The molecule has 2 aromatic carbocycles. The number of fused-ring (bicyclic) bond motifs is 1. The quantitative estimate of drug-likeness (QED) is 0.590. The summed E-state index contributed by atoms with van der Waals surface area (Å²) < 4.78 is 33.9. The van der Waals surface area contributed by atoms with E-state index >= 15 is 0 Å². The summed E-state index contributed by atoms with van der Waals surface area (Å²) in [5.74, 6) is -1.18. The first kappa shape index (κ1) is 17.6. The van der Waals surface area contributed by atoms with Gasteiger partial charge in [-0.1, -0.05) is 12.1 Å². The van der Waals surface area contributed by atoms with E-state index in [1.165, 1.54) is 30.6 Å². The van der Waals surface area contributed by atoms with Crippen LogP contribution in [-0.2, 0) is 6.61 Å². The number of nitrogens with one attached hydrogen (secondary N) is 1. The zero-order valence-corrected chi connectivity index (χ0v) is 14.4. The van der Waals surface area contributed by atoms with Gasteiger partial charge in [0.05, 0.1) is 28.4 Å². The van der Waals surface area contributed by atoms with E-state index in [9.17, 15) is 18.4 Å². The van der Waals surface area contributed by atoms with Crippen LogP contribution in [0.4, 0.5) is 8.78 Å². The molecule has 0 spiro atoms. The highest BCUT2D eigenvalue weighted by molar-refractivity contribution is 5.76. The molecule has 0 saturated heterocycles. The summed E-state index contributed by atoms with van der Waals surface area (Å²) >= 11 is 0. The molecule has 0 atom stereocenters. The van der Waals surface area contributed by atoms with Gasteiger partial charge in [0, 0.05) is 12.3 Å². The maximum Gasteiger partial charge on any atom is 0.333 e. The molecule has 140 valence electrons. The van der Waals surface area contributed by atoms with Gasteiger partial charge in [0.25, 0.3) is 5.56 Å². The number of halogens is 2. The van der Waals surface area contributed by atoms with Crippen LogP contribution in [0, 0.1) is 11.6 Å². The van der Waals surface area contributed by atoms with Crippen molar-refractivity contribution >= 4 is 10.9 Å². The Morgan fingerprint density at radius 2 is 1.79 bits per heavy atom. The Kier molecular flexibility index (Phi) is 4.44. The highest BCUT2D eigenvalue weighted by atomic mass is 19.1. The highest BCUT2D eigenvalue weighted by Gasteiger charge is 2.12. The lowest BCUT2D eigenvalue weighted by molar-refractivity contribution is 0.292. The first-order valence-corrected chi connectivity index (χ1v) is 8.30. The zero-order valence-electron chi connectivity index (χ0n) is 14.4. The SMILES string of the molecule is O=c1[nH]c2cnccc2c(=O)n1-c1cccc(OCc2c(F)cccc2F)c1. The molecular weight excluding hydrogens is 368 g/mol. The molecule has 1 N–H and O–H groups in total. The molecule has 0 fully saturated rings. The molecule has 4 rings (SSSR count). The molecule has 0 aliphatic carbocycles. The molecule has 0 aliphatic heterocycles. The van der Waals surface area contributed by atoms with E-state index in [2.05, 4.69) is 9.97 Å². The molecule has 6 nitrogen and oxygen atoms in total. The van der Waals surface area contributed by atoms with Crippen LogP contribution < -0.4 is 16.0 Å². The lowest BCUT2D eigenvalue weighted by Gasteiger charge is -2.11. The Hall–Kier alpha value is -3.81. The second kappa shape index (κ2) is 7.07. The van der Waals surface area contributed by atoms with Gasteiger partial charge < -0.3 is 9.72 Å². The third-order valence-corrected chi connectivity index (χ3v) is 4.22. The Morgan fingerprint density at radius 1 is 1.04 bits per heavy atom. The smallest absolute Gasteiger partial charge is 0.333 e. The van der Waals surface area contributed by atoms with Gasteiger partial charge in [-0.15, -0.1) is 0 Å². The van der Waals surface area contributed by atoms with E-state index in [1.54, 1.807) is 18.2 Å². The van der Waals surface area contributed by atoms with Crippen molar-refractivity contribution in [2.24, 2.45) is 0 Å². The van der Waals surface area contributed by atoms with Gasteiger partial charge in [-0.2, -0.15) is 0 Å². The summed E-state index contributed by atoms with van der Waals surface area (Å²) in [6.07, 6.45) is 2.85. The first-order chi connectivity index (χ1) is 13.5. The van der Waals surface area contributed by atoms with Crippen molar-refractivity contribution < 1.29 is 13.5 Å². The predicted molar refractivity (Wildman–Crippen MR) is 98.7 cm³/mol. The first-order valence-electron chi connectivity index (χ1n) is 8.30. The van der Waals surface area contributed by atoms with E-state index in [0.717, 1.165) is 16.7 Å². The number of rotatable bonds is 4. The molecule has 0 unspecified atom stereocenters. The number of H-pyrrole nitrogens is 1. The number of benzene rings is 2. The van der Waals surface area contributed by atoms with Crippen molar-refractivity contribution in [3.8, 4) is 11.4 Å². The lowest BCUT2D eigenvalue weighted by atomic mass is 10.2. The van der Waals surface area contributed by atoms with Crippen LogP contribution in [0.1, 0.15) is 5.56 Å². The highest BCUT2D eigenvalue weighted by Crippen LogP contribution is 2.19. The van der Waals surface area contributed by atoms with Crippen LogP contribution in [-0.4, -0.2) is 14.5 Å². The van der Waals surface area contributed by atoms with Crippen molar-refractivity contribution in [3.05, 3.63) is 99.0 Å². The lowest BCUT2D eigenvalue weighted by Crippen LogP contribution is -2.33. The summed E-state index contributed by atoms with van der Waals surface area (Å²) in [5, 5.41) is 0.300. The molecule has 0 radical (unpaired) electrons. The van der Waals surface area contributed by atoms with Crippen LogP contribution >= 0.6 is 0 Å². The number of ether oxygens (including phenoxy) is 1. The van der Waals surface area contributed by atoms with Crippen molar-refractivity contribution in [1.82, 2.24) is 14.5 Å². The van der Waals surface area contributed by atoms with Crippen LogP contribution in [0.2, 0.25) is 0 Å². The Labute approximate surface area is 156 Å². The Balaban J connectivity index is 1.71. The minimum Gasteiger partial charge on any atom is -0.489 e. The van der Waals surface area contributed by atoms with Crippen LogP contribution in [0.5, 0.6) is 5.75 Å².